The zero-order chi connectivity index (χ0) is 51.1. The number of benzene rings is 13. The van der Waals surface area contributed by atoms with Gasteiger partial charge in [0.05, 0.1) is 16.7 Å². The summed E-state index contributed by atoms with van der Waals surface area (Å²) in [7, 11) is 0. The zero-order valence-corrected chi connectivity index (χ0v) is 42.5. The maximum atomic E-state index is 2.49. The van der Waals surface area contributed by atoms with Gasteiger partial charge in [-0.15, -0.1) is 0 Å². The van der Waals surface area contributed by atoms with E-state index in [2.05, 4.69) is 313 Å². The Morgan fingerprint density at radius 1 is 0.260 bits per heavy atom. The van der Waals surface area contributed by atoms with Gasteiger partial charge >= 0.3 is 0 Å². The van der Waals surface area contributed by atoms with E-state index < -0.39 is 0 Å². The maximum Gasteiger partial charge on any atom is 0.0547 e. The van der Waals surface area contributed by atoms with Crippen molar-refractivity contribution in [2.75, 3.05) is 4.90 Å². The number of anilines is 2. The van der Waals surface area contributed by atoms with Crippen molar-refractivity contribution < 1.29 is 0 Å². The third-order valence-corrected chi connectivity index (χ3v) is 15.5. The minimum absolute atomic E-state index is 0.666. The van der Waals surface area contributed by atoms with Gasteiger partial charge in [-0.1, -0.05) is 255 Å². The lowest BCUT2D eigenvalue weighted by Crippen LogP contribution is -2.17. The van der Waals surface area contributed by atoms with E-state index in [9.17, 15) is 0 Å². The molecule has 0 aliphatic rings. The molecule has 2 nitrogen and oxygen atoms in total. The third-order valence-electron chi connectivity index (χ3n) is 15.5. The molecule has 0 aliphatic carbocycles. The highest BCUT2D eigenvalue weighted by atomic mass is 15.1. The number of hydrogen-bond donors (Lipinski definition) is 0. The summed E-state index contributed by atoms with van der Waals surface area (Å²) in [6.07, 6.45) is 0. The van der Waals surface area contributed by atoms with Crippen LogP contribution in [0.4, 0.5) is 11.4 Å². The van der Waals surface area contributed by atoms with E-state index in [0.717, 1.165) is 11.4 Å². The standard InChI is InChI=1S/C75H52N2/c1-3-17-52(18-4-1)54-33-37-56(38-34-54)58-41-45-64(46-42-58)76(65-47-43-59(44-48-65)57-39-35-55(36-40-57)53-19-5-2-6-20-53)51-63-22-8-9-25-66(63)60-23-15-24-61(49-60)68-30-16-32-73-75(68)71-29-13-14-31-72(71)77(73)74-50-62-21-7-10-26-67(62)69-27-11-12-28-70(69)74/h1-50H,51H2. The Kier molecular flexibility index (Phi) is 11.7. The van der Waals surface area contributed by atoms with Crippen LogP contribution in [-0.4, -0.2) is 4.57 Å². The lowest BCUT2D eigenvalue weighted by atomic mass is 9.93. The first-order valence-corrected chi connectivity index (χ1v) is 26.6. The summed E-state index contributed by atoms with van der Waals surface area (Å²) in [5.41, 5.74) is 21.5. The predicted molar refractivity (Wildman–Crippen MR) is 327 cm³/mol. The molecular formula is C75H52N2. The van der Waals surface area contributed by atoms with Gasteiger partial charge in [-0.3, -0.25) is 0 Å². The summed E-state index contributed by atoms with van der Waals surface area (Å²) in [5.74, 6) is 0. The number of nitrogens with zero attached hydrogens (tertiary/aromatic N) is 2. The molecule has 1 heterocycles. The van der Waals surface area contributed by atoms with E-state index in [0.29, 0.717) is 6.54 Å². The van der Waals surface area contributed by atoms with E-state index in [1.54, 1.807) is 0 Å². The van der Waals surface area contributed by atoms with E-state index in [1.165, 1.54) is 121 Å². The fourth-order valence-electron chi connectivity index (χ4n) is 11.7. The molecule has 0 amide bonds. The first-order valence-electron chi connectivity index (χ1n) is 26.6. The van der Waals surface area contributed by atoms with E-state index in [1.807, 2.05) is 0 Å². The Morgan fingerprint density at radius 2 is 0.662 bits per heavy atom. The van der Waals surface area contributed by atoms with Crippen molar-refractivity contribution in [1.82, 2.24) is 4.57 Å². The van der Waals surface area contributed by atoms with Gasteiger partial charge in [0.1, 0.15) is 0 Å². The third kappa shape index (κ3) is 8.53. The Bertz CT molecular complexity index is 4290. The summed E-state index contributed by atoms with van der Waals surface area (Å²) in [6, 6.07) is 111. The second kappa shape index (κ2) is 19.7. The first kappa shape index (κ1) is 45.6. The number of hydrogen-bond acceptors (Lipinski definition) is 1. The van der Waals surface area contributed by atoms with Crippen molar-refractivity contribution in [3.05, 3.63) is 309 Å². The molecule has 77 heavy (non-hydrogen) atoms. The second-order valence-electron chi connectivity index (χ2n) is 20.0. The van der Waals surface area contributed by atoms with Gasteiger partial charge < -0.3 is 9.47 Å². The SMILES string of the molecule is c1ccc(-c2ccc(-c3ccc(N(Cc4ccccc4-c4cccc(-c5cccc6c5c5ccccc5n6-c5cc6ccccc6c6ccccc56)c4)c4ccc(-c5ccc(-c6ccccc6)cc5)cc4)cc3)cc2)cc1. The van der Waals surface area contributed by atoms with Crippen LogP contribution in [0.25, 0.3) is 116 Å². The molecule has 1 aromatic heterocycles. The fraction of sp³-hybridized carbons (Fsp3) is 0.0133. The first-order chi connectivity index (χ1) is 38.2. The summed E-state index contributed by atoms with van der Waals surface area (Å²) in [4.78, 5) is 2.46. The molecule has 0 fully saturated rings. The Morgan fingerprint density at radius 3 is 1.26 bits per heavy atom. The fourth-order valence-corrected chi connectivity index (χ4v) is 11.7. The molecule has 14 aromatic rings. The summed E-state index contributed by atoms with van der Waals surface area (Å²) >= 11 is 0. The van der Waals surface area contributed by atoms with Crippen molar-refractivity contribution in [2.24, 2.45) is 0 Å². The molecule has 13 aromatic carbocycles. The van der Waals surface area contributed by atoms with Gasteiger partial charge in [0.2, 0.25) is 0 Å². The van der Waals surface area contributed by atoms with Gasteiger partial charge in [-0.2, -0.15) is 0 Å². The molecule has 0 radical (unpaired) electrons. The topological polar surface area (TPSA) is 8.17 Å². The van der Waals surface area contributed by atoms with Gasteiger partial charge in [-0.05, 0) is 137 Å². The molecule has 0 spiro atoms. The Labute approximate surface area is 449 Å². The van der Waals surface area contributed by atoms with Crippen molar-refractivity contribution in [2.45, 2.75) is 6.54 Å². The number of para-hydroxylation sites is 1. The van der Waals surface area contributed by atoms with Crippen molar-refractivity contribution in [3.8, 4) is 72.4 Å². The molecular weight excluding hydrogens is 929 g/mol. The monoisotopic (exact) mass is 980 g/mol. The van der Waals surface area contributed by atoms with Crippen LogP contribution in [0.15, 0.2) is 303 Å². The molecule has 0 saturated heterocycles. The lowest BCUT2D eigenvalue weighted by molar-refractivity contribution is 0.977. The average molecular weight is 981 g/mol. The number of aromatic nitrogens is 1. The minimum atomic E-state index is 0.666. The minimum Gasteiger partial charge on any atom is -0.337 e. The quantitative estimate of drug-likeness (QED) is 0.117. The second-order valence-corrected chi connectivity index (χ2v) is 20.0. The van der Waals surface area contributed by atoms with Crippen LogP contribution in [0.3, 0.4) is 0 Å². The van der Waals surface area contributed by atoms with Crippen LogP contribution in [0.5, 0.6) is 0 Å². The molecule has 0 atom stereocenters. The molecule has 0 saturated carbocycles. The number of fused-ring (bicyclic) bond motifs is 6. The molecule has 2 heteroatoms. The maximum absolute atomic E-state index is 2.49. The lowest BCUT2D eigenvalue weighted by Gasteiger charge is -2.27. The van der Waals surface area contributed by atoms with Crippen LogP contribution in [0.2, 0.25) is 0 Å². The highest BCUT2D eigenvalue weighted by molar-refractivity contribution is 6.18. The van der Waals surface area contributed by atoms with Crippen LogP contribution >= 0.6 is 0 Å². The average Bonchev–Trinajstić information content (AvgIpc) is 3.99. The van der Waals surface area contributed by atoms with Crippen LogP contribution < -0.4 is 4.90 Å². The van der Waals surface area contributed by atoms with Gasteiger partial charge in [0, 0.05) is 34.1 Å². The summed E-state index contributed by atoms with van der Waals surface area (Å²) < 4.78 is 2.49. The highest BCUT2D eigenvalue weighted by Gasteiger charge is 2.20. The van der Waals surface area contributed by atoms with Crippen molar-refractivity contribution in [3.63, 3.8) is 0 Å². The summed E-state index contributed by atoms with van der Waals surface area (Å²) in [5, 5.41) is 7.49. The van der Waals surface area contributed by atoms with Crippen LogP contribution in [0, 0.1) is 0 Å². The molecule has 0 aliphatic heterocycles. The molecule has 362 valence electrons. The normalized spacial score (nSPS) is 11.4. The van der Waals surface area contributed by atoms with Gasteiger partial charge in [-0.25, -0.2) is 0 Å². The van der Waals surface area contributed by atoms with E-state index >= 15 is 0 Å². The number of rotatable bonds is 11. The van der Waals surface area contributed by atoms with Crippen LogP contribution in [-0.2, 0) is 6.54 Å². The van der Waals surface area contributed by atoms with E-state index in [-0.39, 0.29) is 0 Å². The van der Waals surface area contributed by atoms with E-state index in [4.69, 9.17) is 0 Å². The van der Waals surface area contributed by atoms with Gasteiger partial charge in [0.25, 0.3) is 0 Å². The van der Waals surface area contributed by atoms with Gasteiger partial charge in [0.15, 0.2) is 0 Å². The Hall–Kier alpha value is -10.0. The molecule has 0 bridgehead atoms. The van der Waals surface area contributed by atoms with Crippen LogP contribution in [0.1, 0.15) is 5.56 Å². The molecule has 0 unspecified atom stereocenters. The molecule has 0 N–H and O–H groups in total. The van der Waals surface area contributed by atoms with Crippen molar-refractivity contribution >= 4 is 54.7 Å². The Balaban J connectivity index is 0.836. The smallest absolute Gasteiger partial charge is 0.0547 e. The molecule has 14 rings (SSSR count). The highest BCUT2D eigenvalue weighted by Crippen LogP contribution is 2.43. The summed E-state index contributed by atoms with van der Waals surface area (Å²) in [6.45, 7) is 0.666. The largest absolute Gasteiger partial charge is 0.337 e. The van der Waals surface area contributed by atoms with Crippen molar-refractivity contribution in [1.29, 1.82) is 0 Å². The zero-order valence-electron chi connectivity index (χ0n) is 42.5. The predicted octanol–water partition coefficient (Wildman–Crippen LogP) is 20.4.